The van der Waals surface area contributed by atoms with Gasteiger partial charge in [0.25, 0.3) is 0 Å². The van der Waals surface area contributed by atoms with Crippen LogP contribution in [-0.2, 0) is 0 Å². The van der Waals surface area contributed by atoms with Crippen molar-refractivity contribution in [2.75, 3.05) is 0 Å². The first-order chi connectivity index (χ1) is 10.4. The van der Waals surface area contributed by atoms with Crippen molar-refractivity contribution >= 4 is 53.5 Å². The molecule has 0 saturated carbocycles. The van der Waals surface area contributed by atoms with Crippen LogP contribution in [0.4, 0.5) is 0 Å². The molecule has 0 aromatic heterocycles. The van der Waals surface area contributed by atoms with Crippen LogP contribution in [0.2, 0.25) is 0 Å². The molecule has 18 nitrogen and oxygen atoms in total. The number of primary amides is 12. The van der Waals surface area contributed by atoms with E-state index >= 15 is 0 Å². The number of hydrogen-bond donors (Lipinski definition) is 12. The third kappa shape index (κ3) is 449. The van der Waals surface area contributed by atoms with E-state index in [0.717, 1.165) is 0 Å². The van der Waals surface area contributed by atoms with E-state index in [2.05, 4.69) is 68.8 Å². The van der Waals surface area contributed by atoms with Gasteiger partial charge < -0.3 is 68.8 Å². The number of rotatable bonds is 0. The Labute approximate surface area is 152 Å². The maximum atomic E-state index is 7.53. The molecule has 0 aromatic rings. The summed E-state index contributed by atoms with van der Waals surface area (Å²) in [5.41, 5.74) is 52.3. The third-order valence-electron chi connectivity index (χ3n) is 0. The molecule has 0 aromatic carbocycles. The molecule has 0 aliphatic rings. The summed E-state index contributed by atoms with van der Waals surface area (Å²) in [6, 6.07) is -3.50. The summed E-state index contributed by atoms with van der Waals surface area (Å²) in [6.45, 7) is 0. The smallest absolute Gasteiger partial charge is 0.303 e. The van der Waals surface area contributed by atoms with E-state index in [1.165, 1.54) is 0 Å². The molecule has 19 heteroatoms. The summed E-state index contributed by atoms with van der Waals surface area (Å²) in [4.78, 5) is 45.2. The summed E-state index contributed by atoms with van der Waals surface area (Å²) in [7, 11) is 0. The van der Waals surface area contributed by atoms with Crippen molar-refractivity contribution in [1.29, 1.82) is 0 Å². The van der Waals surface area contributed by atoms with Gasteiger partial charge in [-0.3, -0.25) is 0 Å². The van der Waals surface area contributed by atoms with Crippen molar-refractivity contribution in [3.8, 4) is 0 Å². The van der Waals surface area contributed by atoms with Crippen molar-refractivity contribution in [2.24, 2.45) is 68.8 Å². The fourth-order valence-corrected chi connectivity index (χ4v) is 0. The summed E-state index contributed by atoms with van der Waals surface area (Å²) in [5, 5.41) is 0. The molecule has 12 amide bonds. The average Bonchev–Trinajstić information content (AvgIpc) is 2.08. The Bertz CT molecular complexity index is 273. The van der Waals surface area contributed by atoms with Crippen molar-refractivity contribution in [2.45, 2.75) is 0 Å². The first kappa shape index (κ1) is 42.9. The van der Waals surface area contributed by atoms with E-state index < -0.39 is 36.2 Å². The molecular formula is C6H30AlN12O6+9. The van der Waals surface area contributed by atoms with Crippen LogP contribution in [0.25, 0.3) is 0 Å². The van der Waals surface area contributed by atoms with Gasteiger partial charge in [0.05, 0.1) is 0 Å². The quantitative estimate of drug-likeness (QED) is 0.135. The van der Waals surface area contributed by atoms with Crippen LogP contribution in [0, 0.1) is 0 Å². The Morgan fingerprint density at radius 2 is 0.280 bits per heavy atom. The SMILES string of the molecule is NC(N)=[OH+].NC(N)=[OH+].NC(N)=[OH+].NC(N)=[OH+].NC(N)=[OH+].NC(N)=[OH+].[Al+3]. The van der Waals surface area contributed by atoms with Gasteiger partial charge in [0.2, 0.25) is 0 Å². The molecule has 0 unspecified atom stereocenters. The van der Waals surface area contributed by atoms with Crippen LogP contribution in [0.1, 0.15) is 0 Å². The van der Waals surface area contributed by atoms with Crippen LogP contribution in [-0.4, -0.2) is 82.3 Å². The van der Waals surface area contributed by atoms with Crippen LogP contribution in [0.5, 0.6) is 0 Å². The Morgan fingerprint density at radius 3 is 0.280 bits per heavy atom. The zero-order valence-corrected chi connectivity index (χ0v) is 14.3. The van der Waals surface area contributed by atoms with Crippen LogP contribution < -0.4 is 68.8 Å². The molecule has 144 valence electrons. The molecule has 0 spiro atoms. The molecule has 25 heavy (non-hydrogen) atoms. The third-order valence-corrected chi connectivity index (χ3v) is 0. The average molecular weight is 393 g/mol. The van der Waals surface area contributed by atoms with Crippen molar-refractivity contribution < 1.29 is 28.8 Å². The van der Waals surface area contributed by atoms with Crippen LogP contribution in [0.15, 0.2) is 0 Å². The first-order valence-corrected chi connectivity index (χ1v) is 4.81. The predicted molar refractivity (Wildman–Crippen MR) is 97.7 cm³/mol. The fraction of sp³-hybridized carbons (Fsp3) is 0. The summed E-state index contributed by atoms with van der Waals surface area (Å²) >= 11 is 0. The molecule has 0 radical (unpaired) electrons. The van der Waals surface area contributed by atoms with E-state index in [1.807, 2.05) is 0 Å². The predicted octanol–water partition coefficient (Wildman–Crippen LogP) is -10.2. The summed E-state index contributed by atoms with van der Waals surface area (Å²) in [5.74, 6) is 0. The Kier molecular flexibility index (Phi) is 63.3. The maximum absolute atomic E-state index is 7.53. The first-order valence-electron chi connectivity index (χ1n) is 4.81. The number of carbonyl (C=O) groups excluding carboxylic acids is 6. The molecule has 30 N–H and O–H groups in total. The molecule has 0 rings (SSSR count). The molecule has 0 aliphatic carbocycles. The van der Waals surface area contributed by atoms with E-state index in [1.54, 1.807) is 0 Å². The largest absolute Gasteiger partial charge is 3.00 e. The number of nitrogens with two attached hydrogens (primary N) is 12. The summed E-state index contributed by atoms with van der Waals surface area (Å²) in [6.07, 6.45) is 0. The Hall–Kier alpha value is -3.85. The Morgan fingerprint density at radius 1 is 0.280 bits per heavy atom. The molecule has 0 saturated heterocycles. The Balaban J connectivity index is -0.0000000309. The van der Waals surface area contributed by atoms with Crippen molar-refractivity contribution in [3.05, 3.63) is 0 Å². The van der Waals surface area contributed by atoms with E-state index in [9.17, 15) is 0 Å². The van der Waals surface area contributed by atoms with Crippen molar-refractivity contribution in [1.82, 2.24) is 0 Å². The number of urea groups is 6. The van der Waals surface area contributed by atoms with Gasteiger partial charge in [-0.2, -0.15) is 0 Å². The normalized spacial score (nSPS) is 5.76. The van der Waals surface area contributed by atoms with Gasteiger partial charge in [-0.25, -0.2) is 28.8 Å². The van der Waals surface area contributed by atoms with Gasteiger partial charge in [-0.05, 0) is 0 Å². The fourth-order valence-electron chi connectivity index (χ4n) is 0. The second-order valence-corrected chi connectivity index (χ2v) is 2.55. The van der Waals surface area contributed by atoms with E-state index in [-0.39, 0.29) is 17.4 Å². The zero-order chi connectivity index (χ0) is 21.5. The molecule has 0 bridgehead atoms. The molecule has 0 atom stereocenters. The number of hydrogen-bond acceptors (Lipinski definition) is 0. The van der Waals surface area contributed by atoms with Gasteiger partial charge >= 0.3 is 53.5 Å². The monoisotopic (exact) mass is 393 g/mol. The van der Waals surface area contributed by atoms with Gasteiger partial charge in [-0.1, -0.05) is 0 Å². The second kappa shape index (κ2) is 36.9. The summed E-state index contributed by atoms with van der Waals surface area (Å²) < 4.78 is 0. The molecule has 0 fully saturated rings. The number of amides is 12. The zero-order valence-electron chi connectivity index (χ0n) is 13.2. The molecular weight excluding hydrogens is 363 g/mol. The molecule has 0 aliphatic heterocycles. The van der Waals surface area contributed by atoms with Gasteiger partial charge in [-0.15, -0.1) is 0 Å². The van der Waals surface area contributed by atoms with E-state index in [4.69, 9.17) is 28.8 Å². The van der Waals surface area contributed by atoms with Gasteiger partial charge in [0.1, 0.15) is 0 Å². The van der Waals surface area contributed by atoms with Crippen LogP contribution in [0.3, 0.4) is 0 Å². The maximum Gasteiger partial charge on any atom is 3.00 e. The minimum absolute atomic E-state index is 0. The molecule has 0 heterocycles. The second-order valence-electron chi connectivity index (χ2n) is 2.55. The van der Waals surface area contributed by atoms with Crippen LogP contribution >= 0.6 is 0 Å². The van der Waals surface area contributed by atoms with Gasteiger partial charge in [0.15, 0.2) is 0 Å². The topological polar surface area (TPSA) is 441 Å². The van der Waals surface area contributed by atoms with Gasteiger partial charge in [0, 0.05) is 0 Å². The van der Waals surface area contributed by atoms with E-state index in [0.29, 0.717) is 0 Å². The van der Waals surface area contributed by atoms with Crippen molar-refractivity contribution in [3.63, 3.8) is 0 Å². The minimum atomic E-state index is -0.583. The standard InChI is InChI=1S/6CH4N2O.Al/c6*2-1(3)4;/h6*(H4,2,3,4);/q;;;;;;+3/p+6. The minimum Gasteiger partial charge on any atom is -0.303 e.